The van der Waals surface area contributed by atoms with E-state index in [1.54, 1.807) is 0 Å². The van der Waals surface area contributed by atoms with Gasteiger partial charge < -0.3 is 10.6 Å². The van der Waals surface area contributed by atoms with Gasteiger partial charge in [0.2, 0.25) is 5.91 Å². The molecule has 64 valence electrons. The molecule has 1 atom stereocenters. The quantitative estimate of drug-likeness (QED) is 0.550. The first-order valence-corrected chi connectivity index (χ1v) is 4.00. The highest BCUT2D eigenvalue weighted by Crippen LogP contribution is 2.20. The third-order valence-corrected chi connectivity index (χ3v) is 2.06. The Morgan fingerprint density at radius 1 is 1.55 bits per heavy atom. The number of amides is 1. The van der Waals surface area contributed by atoms with Gasteiger partial charge in [-0.3, -0.25) is 4.79 Å². The summed E-state index contributed by atoms with van der Waals surface area (Å²) < 4.78 is 0. The summed E-state index contributed by atoms with van der Waals surface area (Å²) in [6.07, 6.45) is 0.802. The minimum atomic E-state index is -0.255. The van der Waals surface area contributed by atoms with Crippen molar-refractivity contribution < 1.29 is 4.79 Å². The van der Waals surface area contributed by atoms with E-state index in [-0.39, 0.29) is 17.5 Å². The lowest BCUT2D eigenvalue weighted by Crippen LogP contribution is -2.45. The Kier molecular flexibility index (Phi) is 1.92. The smallest absolute Gasteiger partial charge is 0.239 e. The summed E-state index contributed by atoms with van der Waals surface area (Å²) >= 11 is 0. The van der Waals surface area contributed by atoms with E-state index < -0.39 is 0 Å². The van der Waals surface area contributed by atoms with Crippen molar-refractivity contribution in [3.63, 3.8) is 0 Å². The highest BCUT2D eigenvalue weighted by Gasteiger charge is 2.35. The normalized spacial score (nSPS) is 26.4. The molecule has 0 saturated carbocycles. The van der Waals surface area contributed by atoms with Crippen LogP contribution in [0, 0.1) is 0 Å². The molecule has 1 rings (SSSR count). The van der Waals surface area contributed by atoms with E-state index in [2.05, 4.69) is 0 Å². The van der Waals surface area contributed by atoms with Gasteiger partial charge in [-0.05, 0) is 27.2 Å². The topological polar surface area (TPSA) is 46.3 Å². The standard InChI is InChI=1S/C8H16N2O/c1-8(2,3)10-5-4-6(9)7(10)11/h6H,4-5,9H2,1-3H3/t6-/m0/s1. The zero-order valence-corrected chi connectivity index (χ0v) is 7.42. The van der Waals surface area contributed by atoms with Gasteiger partial charge in [0, 0.05) is 12.1 Å². The summed E-state index contributed by atoms with van der Waals surface area (Å²) in [4.78, 5) is 13.2. The van der Waals surface area contributed by atoms with Crippen molar-refractivity contribution in [1.82, 2.24) is 4.90 Å². The molecular formula is C8H16N2O. The van der Waals surface area contributed by atoms with Crippen LogP contribution in [-0.4, -0.2) is 28.9 Å². The number of hydrogen-bond donors (Lipinski definition) is 1. The van der Waals surface area contributed by atoms with Crippen molar-refractivity contribution in [3.8, 4) is 0 Å². The van der Waals surface area contributed by atoms with Crippen molar-refractivity contribution in [2.45, 2.75) is 38.8 Å². The molecule has 0 aliphatic carbocycles. The van der Waals surface area contributed by atoms with E-state index in [1.165, 1.54) is 0 Å². The number of carbonyl (C=O) groups is 1. The fraction of sp³-hybridized carbons (Fsp3) is 0.875. The first-order valence-electron chi connectivity index (χ1n) is 4.00. The summed E-state index contributed by atoms with van der Waals surface area (Å²) in [5, 5.41) is 0. The molecule has 0 aromatic heterocycles. The van der Waals surface area contributed by atoms with E-state index in [4.69, 9.17) is 5.73 Å². The number of rotatable bonds is 0. The first-order chi connectivity index (χ1) is 4.93. The second-order valence-electron chi connectivity index (χ2n) is 4.06. The minimum absolute atomic E-state index is 0.0643. The van der Waals surface area contributed by atoms with Crippen molar-refractivity contribution in [1.29, 1.82) is 0 Å². The fourth-order valence-electron chi connectivity index (χ4n) is 1.37. The van der Waals surface area contributed by atoms with E-state index >= 15 is 0 Å². The molecule has 0 bridgehead atoms. The van der Waals surface area contributed by atoms with Crippen molar-refractivity contribution in [3.05, 3.63) is 0 Å². The van der Waals surface area contributed by atoms with Crippen LogP contribution in [0.1, 0.15) is 27.2 Å². The summed E-state index contributed by atoms with van der Waals surface area (Å²) in [5.74, 6) is 0.0949. The second kappa shape index (κ2) is 2.48. The van der Waals surface area contributed by atoms with Crippen LogP contribution >= 0.6 is 0 Å². The van der Waals surface area contributed by atoms with Gasteiger partial charge in [0.15, 0.2) is 0 Å². The molecule has 1 amide bonds. The van der Waals surface area contributed by atoms with Crippen LogP contribution in [0.3, 0.4) is 0 Å². The second-order valence-corrected chi connectivity index (χ2v) is 4.06. The molecule has 2 N–H and O–H groups in total. The maximum absolute atomic E-state index is 11.4. The molecule has 0 aromatic carbocycles. The van der Waals surface area contributed by atoms with Crippen LogP contribution in [0.5, 0.6) is 0 Å². The van der Waals surface area contributed by atoms with Gasteiger partial charge in [-0.25, -0.2) is 0 Å². The lowest BCUT2D eigenvalue weighted by Gasteiger charge is -2.31. The van der Waals surface area contributed by atoms with E-state index in [0.717, 1.165) is 13.0 Å². The summed E-state index contributed by atoms with van der Waals surface area (Å²) in [6, 6.07) is -0.255. The Morgan fingerprint density at radius 3 is 2.27 bits per heavy atom. The average molecular weight is 156 g/mol. The van der Waals surface area contributed by atoms with Gasteiger partial charge in [-0.15, -0.1) is 0 Å². The van der Waals surface area contributed by atoms with Crippen LogP contribution in [0.4, 0.5) is 0 Å². The molecule has 1 aliphatic rings. The maximum Gasteiger partial charge on any atom is 0.239 e. The SMILES string of the molecule is CC(C)(C)N1CC[C@H](N)C1=O. The summed E-state index contributed by atoms with van der Waals surface area (Å²) in [5.41, 5.74) is 5.51. The van der Waals surface area contributed by atoms with Crippen LogP contribution in [0.2, 0.25) is 0 Å². The van der Waals surface area contributed by atoms with Crippen LogP contribution in [-0.2, 0) is 4.79 Å². The maximum atomic E-state index is 11.4. The van der Waals surface area contributed by atoms with E-state index in [1.807, 2.05) is 25.7 Å². The summed E-state index contributed by atoms with van der Waals surface area (Å²) in [7, 11) is 0. The molecule has 0 unspecified atom stereocenters. The molecule has 1 heterocycles. The Labute approximate surface area is 67.5 Å². The molecule has 0 spiro atoms. The molecule has 1 fully saturated rings. The van der Waals surface area contributed by atoms with Gasteiger partial charge >= 0.3 is 0 Å². The van der Waals surface area contributed by atoms with E-state index in [9.17, 15) is 4.79 Å². The molecule has 3 nitrogen and oxygen atoms in total. The molecule has 3 heteroatoms. The third-order valence-electron chi connectivity index (χ3n) is 2.06. The Bertz CT molecular complexity index is 171. The highest BCUT2D eigenvalue weighted by atomic mass is 16.2. The van der Waals surface area contributed by atoms with Crippen molar-refractivity contribution in [2.24, 2.45) is 5.73 Å². The van der Waals surface area contributed by atoms with Gasteiger partial charge in [0.05, 0.1) is 6.04 Å². The number of nitrogens with zero attached hydrogens (tertiary/aromatic N) is 1. The minimum Gasteiger partial charge on any atom is -0.336 e. The number of hydrogen-bond acceptors (Lipinski definition) is 2. The Balaban J connectivity index is 2.70. The van der Waals surface area contributed by atoms with Crippen LogP contribution in [0.15, 0.2) is 0 Å². The van der Waals surface area contributed by atoms with Crippen molar-refractivity contribution in [2.75, 3.05) is 6.54 Å². The molecule has 1 aliphatic heterocycles. The predicted molar refractivity (Wildman–Crippen MR) is 44.1 cm³/mol. The largest absolute Gasteiger partial charge is 0.336 e. The van der Waals surface area contributed by atoms with Gasteiger partial charge in [0.25, 0.3) is 0 Å². The zero-order valence-electron chi connectivity index (χ0n) is 7.42. The van der Waals surface area contributed by atoms with Gasteiger partial charge in [-0.2, -0.15) is 0 Å². The van der Waals surface area contributed by atoms with Crippen LogP contribution in [0.25, 0.3) is 0 Å². The Morgan fingerprint density at radius 2 is 2.09 bits per heavy atom. The number of nitrogens with two attached hydrogens (primary N) is 1. The van der Waals surface area contributed by atoms with Crippen LogP contribution < -0.4 is 5.73 Å². The summed E-state index contributed by atoms with van der Waals surface area (Å²) in [6.45, 7) is 6.90. The molecule has 11 heavy (non-hydrogen) atoms. The Hall–Kier alpha value is -0.570. The average Bonchev–Trinajstić information content (AvgIpc) is 2.11. The van der Waals surface area contributed by atoms with E-state index in [0.29, 0.717) is 0 Å². The molecular weight excluding hydrogens is 140 g/mol. The third kappa shape index (κ3) is 1.53. The lowest BCUT2D eigenvalue weighted by atomic mass is 10.1. The number of likely N-dealkylation sites (tertiary alicyclic amines) is 1. The fourth-order valence-corrected chi connectivity index (χ4v) is 1.37. The molecule has 0 aromatic rings. The molecule has 1 saturated heterocycles. The molecule has 0 radical (unpaired) electrons. The number of carbonyl (C=O) groups excluding carboxylic acids is 1. The predicted octanol–water partition coefficient (Wildman–Crippen LogP) is 0.345. The zero-order chi connectivity index (χ0) is 8.65. The first kappa shape index (κ1) is 8.53. The van der Waals surface area contributed by atoms with Gasteiger partial charge in [0.1, 0.15) is 0 Å². The van der Waals surface area contributed by atoms with Gasteiger partial charge in [-0.1, -0.05) is 0 Å². The lowest BCUT2D eigenvalue weighted by molar-refractivity contribution is -0.132. The highest BCUT2D eigenvalue weighted by molar-refractivity contribution is 5.84. The van der Waals surface area contributed by atoms with Crippen molar-refractivity contribution >= 4 is 5.91 Å². The monoisotopic (exact) mass is 156 g/mol.